The Morgan fingerprint density at radius 1 is 0.613 bits per heavy atom. The van der Waals surface area contributed by atoms with Crippen molar-refractivity contribution in [1.82, 2.24) is 5.32 Å². The van der Waals surface area contributed by atoms with E-state index >= 15 is 0 Å². The smallest absolute Gasteiger partial charge is 0.219 e. The van der Waals surface area contributed by atoms with Crippen molar-refractivity contribution in [3.8, 4) is 0 Å². The summed E-state index contributed by atoms with van der Waals surface area (Å²) in [6.45, 7) is 5.18. The minimum atomic E-state index is -0.0709. The van der Waals surface area contributed by atoms with E-state index in [1.807, 2.05) is 0 Å². The summed E-state index contributed by atoms with van der Waals surface area (Å²) < 4.78 is 0. The van der Waals surface area contributed by atoms with E-state index < -0.39 is 0 Å². The quantitative estimate of drug-likeness (QED) is 0.140. The molecule has 0 saturated carbocycles. The third-order valence-electron chi connectivity index (χ3n) is 6.51. The number of aliphatic hydroxyl groups excluding tert-OH is 1. The van der Waals surface area contributed by atoms with Crippen molar-refractivity contribution in [3.63, 3.8) is 0 Å². The molecule has 0 aliphatic carbocycles. The zero-order valence-corrected chi connectivity index (χ0v) is 21.4. The van der Waals surface area contributed by atoms with Gasteiger partial charge < -0.3 is 10.4 Å². The Morgan fingerprint density at radius 2 is 1.03 bits per heavy atom. The van der Waals surface area contributed by atoms with Gasteiger partial charge >= 0.3 is 0 Å². The average Bonchev–Trinajstić information content (AvgIpc) is 2.77. The molecule has 0 aromatic rings. The van der Waals surface area contributed by atoms with Crippen LogP contribution < -0.4 is 5.32 Å². The highest BCUT2D eigenvalue weighted by Crippen LogP contribution is 2.14. The van der Waals surface area contributed by atoms with Crippen molar-refractivity contribution in [3.05, 3.63) is 0 Å². The van der Waals surface area contributed by atoms with Crippen LogP contribution in [0.1, 0.15) is 162 Å². The molecule has 1 amide bonds. The number of hydrogen-bond donors (Lipinski definition) is 2. The first-order chi connectivity index (χ1) is 15.2. The van der Waals surface area contributed by atoms with Gasteiger partial charge in [-0.3, -0.25) is 4.79 Å². The van der Waals surface area contributed by atoms with Crippen LogP contribution in [-0.2, 0) is 4.79 Å². The van der Waals surface area contributed by atoms with Crippen LogP contribution >= 0.6 is 0 Å². The van der Waals surface area contributed by atoms with Crippen molar-refractivity contribution < 1.29 is 9.90 Å². The molecule has 0 aromatic heterocycles. The predicted octanol–water partition coefficient (Wildman–Crippen LogP) is 8.48. The maximum absolute atomic E-state index is 11.8. The minimum Gasteiger partial charge on any atom is -0.393 e. The Bertz CT molecular complexity index is 359. The molecule has 186 valence electrons. The molecule has 1 unspecified atom stereocenters. The Morgan fingerprint density at radius 3 is 1.52 bits per heavy atom. The molecule has 0 aromatic carbocycles. The first-order valence-corrected chi connectivity index (χ1v) is 14.2. The van der Waals surface area contributed by atoms with Gasteiger partial charge in [-0.2, -0.15) is 0 Å². The van der Waals surface area contributed by atoms with E-state index in [9.17, 15) is 9.90 Å². The Kier molecular flexibility index (Phi) is 25.2. The predicted molar refractivity (Wildman–Crippen MR) is 137 cm³/mol. The van der Waals surface area contributed by atoms with Crippen molar-refractivity contribution in [2.75, 3.05) is 6.54 Å². The van der Waals surface area contributed by atoms with E-state index in [-0.39, 0.29) is 12.0 Å². The summed E-state index contributed by atoms with van der Waals surface area (Å²) in [4.78, 5) is 11.8. The van der Waals surface area contributed by atoms with Crippen molar-refractivity contribution in [2.24, 2.45) is 0 Å². The van der Waals surface area contributed by atoms with Gasteiger partial charge in [0, 0.05) is 13.0 Å². The van der Waals surface area contributed by atoms with Crippen molar-refractivity contribution in [2.45, 2.75) is 168 Å². The highest BCUT2D eigenvalue weighted by molar-refractivity contribution is 5.75. The maximum atomic E-state index is 11.8. The normalized spacial score (nSPS) is 12.2. The molecule has 0 fully saturated rings. The number of amides is 1. The van der Waals surface area contributed by atoms with Crippen LogP contribution in [0, 0.1) is 0 Å². The van der Waals surface area contributed by atoms with Crippen LogP contribution in [0.4, 0.5) is 0 Å². The fourth-order valence-electron chi connectivity index (χ4n) is 4.21. The molecule has 0 spiro atoms. The molecular weight excluding hydrogens is 382 g/mol. The number of nitrogens with one attached hydrogen (secondary N) is 1. The van der Waals surface area contributed by atoms with E-state index in [0.717, 1.165) is 38.6 Å². The molecule has 0 aliphatic heterocycles. The van der Waals surface area contributed by atoms with E-state index in [2.05, 4.69) is 19.2 Å². The van der Waals surface area contributed by atoms with Crippen molar-refractivity contribution in [1.29, 1.82) is 0 Å². The number of hydrogen-bond acceptors (Lipinski definition) is 2. The lowest BCUT2D eigenvalue weighted by Gasteiger charge is -2.07. The van der Waals surface area contributed by atoms with Gasteiger partial charge in [-0.25, -0.2) is 0 Å². The summed E-state index contributed by atoms with van der Waals surface area (Å²) in [5, 5.41) is 12.6. The number of unbranched alkanes of at least 4 members (excludes halogenated alkanes) is 18. The summed E-state index contributed by atoms with van der Waals surface area (Å²) in [5.41, 5.74) is 0. The van der Waals surface area contributed by atoms with Gasteiger partial charge in [-0.15, -0.1) is 0 Å². The van der Waals surface area contributed by atoms with Gasteiger partial charge in [0.1, 0.15) is 0 Å². The van der Waals surface area contributed by atoms with Crippen LogP contribution in [0.25, 0.3) is 0 Å². The molecule has 3 heteroatoms. The number of aliphatic hydroxyl groups is 1. The van der Waals surface area contributed by atoms with Crippen LogP contribution in [0.15, 0.2) is 0 Å². The summed E-state index contributed by atoms with van der Waals surface area (Å²) in [7, 11) is 0. The Hall–Kier alpha value is -0.570. The largest absolute Gasteiger partial charge is 0.393 e. The third kappa shape index (κ3) is 25.6. The second-order valence-electron chi connectivity index (χ2n) is 9.67. The highest BCUT2D eigenvalue weighted by atomic mass is 16.3. The maximum Gasteiger partial charge on any atom is 0.219 e. The van der Waals surface area contributed by atoms with Gasteiger partial charge in [0.25, 0.3) is 0 Å². The SMILES string of the molecule is CCCCCCCCCC(=O)NCCCCCCCCCCCCCCCC(O)CC. The number of carbonyl (C=O) groups excluding carboxylic acids is 1. The van der Waals surface area contributed by atoms with Gasteiger partial charge in [-0.05, 0) is 25.7 Å². The molecule has 1 atom stereocenters. The fourth-order valence-corrected chi connectivity index (χ4v) is 4.21. The molecule has 0 rings (SSSR count). The van der Waals surface area contributed by atoms with E-state index in [4.69, 9.17) is 0 Å². The van der Waals surface area contributed by atoms with Crippen molar-refractivity contribution >= 4 is 5.91 Å². The standard InChI is InChI=1S/C28H57NO2/c1-3-5-6-7-15-19-22-25-28(31)29-26-23-20-17-14-12-10-8-9-11-13-16-18-21-24-27(30)4-2/h27,30H,3-26H2,1-2H3,(H,29,31). The molecule has 0 saturated heterocycles. The molecule has 0 radical (unpaired) electrons. The van der Waals surface area contributed by atoms with Gasteiger partial charge in [0.05, 0.1) is 6.10 Å². The minimum absolute atomic E-state index is 0.0709. The Balaban J connectivity index is 3.14. The van der Waals surface area contributed by atoms with Gasteiger partial charge in [-0.1, -0.05) is 129 Å². The molecular formula is C28H57NO2. The average molecular weight is 440 g/mol. The first kappa shape index (κ1) is 30.4. The Labute approximate surface area is 195 Å². The summed E-state index contributed by atoms with van der Waals surface area (Å²) in [5.74, 6) is 0.257. The monoisotopic (exact) mass is 439 g/mol. The van der Waals surface area contributed by atoms with Gasteiger partial charge in [0.15, 0.2) is 0 Å². The highest BCUT2D eigenvalue weighted by Gasteiger charge is 2.01. The van der Waals surface area contributed by atoms with E-state index in [1.165, 1.54) is 116 Å². The summed E-state index contributed by atoms with van der Waals surface area (Å²) in [6.07, 6.45) is 28.6. The lowest BCUT2D eigenvalue weighted by molar-refractivity contribution is -0.121. The second kappa shape index (κ2) is 25.7. The topological polar surface area (TPSA) is 49.3 Å². The molecule has 0 bridgehead atoms. The molecule has 31 heavy (non-hydrogen) atoms. The van der Waals surface area contributed by atoms with E-state index in [1.54, 1.807) is 0 Å². The number of carbonyl (C=O) groups is 1. The van der Waals surface area contributed by atoms with Crippen LogP contribution in [0.5, 0.6) is 0 Å². The number of rotatable bonds is 25. The molecule has 0 aliphatic rings. The van der Waals surface area contributed by atoms with E-state index in [0.29, 0.717) is 0 Å². The second-order valence-corrected chi connectivity index (χ2v) is 9.67. The zero-order valence-electron chi connectivity index (χ0n) is 21.4. The van der Waals surface area contributed by atoms with Crippen LogP contribution in [0.3, 0.4) is 0 Å². The first-order valence-electron chi connectivity index (χ1n) is 14.2. The lowest BCUT2D eigenvalue weighted by Crippen LogP contribution is -2.23. The summed E-state index contributed by atoms with van der Waals surface area (Å²) >= 11 is 0. The third-order valence-corrected chi connectivity index (χ3v) is 6.51. The summed E-state index contributed by atoms with van der Waals surface area (Å²) in [6, 6.07) is 0. The molecule has 3 nitrogen and oxygen atoms in total. The molecule has 0 heterocycles. The van der Waals surface area contributed by atoms with Gasteiger partial charge in [0.2, 0.25) is 5.91 Å². The van der Waals surface area contributed by atoms with Crippen LogP contribution in [-0.4, -0.2) is 23.7 Å². The zero-order chi connectivity index (χ0) is 22.8. The lowest BCUT2D eigenvalue weighted by atomic mass is 10.0. The fraction of sp³-hybridized carbons (Fsp3) is 0.964. The molecule has 2 N–H and O–H groups in total. The van der Waals surface area contributed by atoms with Crippen LogP contribution in [0.2, 0.25) is 0 Å².